The second kappa shape index (κ2) is 8.87. The van der Waals surface area contributed by atoms with E-state index in [0.29, 0.717) is 0 Å². The normalized spacial score (nSPS) is 11.6. The average Bonchev–Trinajstić information content (AvgIpc) is 2.65. The van der Waals surface area contributed by atoms with Gasteiger partial charge >= 0.3 is 0 Å². The Morgan fingerprint density at radius 3 is 1.61 bits per heavy atom. The van der Waals surface area contributed by atoms with Gasteiger partial charge in [-0.2, -0.15) is 0 Å². The van der Waals surface area contributed by atoms with Crippen LogP contribution in [0.3, 0.4) is 0 Å². The van der Waals surface area contributed by atoms with Gasteiger partial charge in [0.15, 0.2) is 14.7 Å². The zero-order valence-corrected chi connectivity index (χ0v) is 18.5. The molecule has 0 N–H and O–H groups in total. The van der Waals surface area contributed by atoms with Crippen LogP contribution >= 0.6 is 0 Å². The Morgan fingerprint density at radius 1 is 0.714 bits per heavy atom. The van der Waals surface area contributed by atoms with E-state index in [1.165, 1.54) is 25.8 Å². The van der Waals surface area contributed by atoms with Crippen LogP contribution in [0.25, 0.3) is 0 Å². The highest BCUT2D eigenvalue weighted by Gasteiger charge is 2.29. The van der Waals surface area contributed by atoms with Crippen molar-refractivity contribution in [2.75, 3.05) is 6.61 Å². The zero-order chi connectivity index (χ0) is 20.1. The summed E-state index contributed by atoms with van der Waals surface area (Å²) in [5.74, 6) is 1.04. The number of aryl methyl sites for hydroxylation is 2. The Morgan fingerprint density at radius 2 is 1.18 bits per heavy atom. The Bertz CT molecular complexity index is 832. The van der Waals surface area contributed by atoms with Crippen molar-refractivity contribution in [1.82, 2.24) is 0 Å². The maximum atomic E-state index is 6.19. The first-order valence-corrected chi connectivity index (χ1v) is 11.2. The first-order chi connectivity index (χ1) is 13.3. The predicted molar refractivity (Wildman–Crippen MR) is 121 cm³/mol. The zero-order valence-electron chi connectivity index (χ0n) is 17.7. The minimum absolute atomic E-state index is 0.119. The standard InChI is InChI=1S/C26H31OS/c1-20-18-24(19-21(2)25(20)27-17-16-26(3,4)5)28(22-12-8-6-9-13-22)23-14-10-7-11-15-23/h6-15,18-19H,16-17H2,1-5H3/q+1. The van der Waals surface area contributed by atoms with E-state index in [0.717, 1.165) is 18.8 Å². The van der Waals surface area contributed by atoms with Gasteiger partial charge in [0.2, 0.25) is 0 Å². The second-order valence-corrected chi connectivity index (χ2v) is 10.5. The summed E-state index contributed by atoms with van der Waals surface area (Å²) in [4.78, 5) is 4.03. The molecular formula is C26H31OS+. The Hall–Kier alpha value is -2.19. The summed E-state index contributed by atoms with van der Waals surface area (Å²) in [7, 11) is -0.119. The van der Waals surface area contributed by atoms with Gasteiger partial charge in [0.1, 0.15) is 5.75 Å². The molecule has 0 heterocycles. The van der Waals surface area contributed by atoms with Crippen molar-refractivity contribution < 1.29 is 4.74 Å². The van der Waals surface area contributed by atoms with E-state index in [4.69, 9.17) is 4.74 Å². The van der Waals surface area contributed by atoms with E-state index in [1.807, 2.05) is 0 Å². The topological polar surface area (TPSA) is 9.23 Å². The van der Waals surface area contributed by atoms with Crippen molar-refractivity contribution in [2.45, 2.75) is 55.7 Å². The third-order valence-electron chi connectivity index (χ3n) is 4.73. The number of hydrogen-bond donors (Lipinski definition) is 0. The van der Waals surface area contributed by atoms with Crippen LogP contribution in [-0.2, 0) is 10.9 Å². The Kier molecular flexibility index (Phi) is 6.51. The molecule has 28 heavy (non-hydrogen) atoms. The fourth-order valence-corrected chi connectivity index (χ4v) is 5.50. The molecule has 2 heteroatoms. The van der Waals surface area contributed by atoms with Gasteiger partial charge in [-0.3, -0.25) is 0 Å². The molecule has 0 atom stereocenters. The largest absolute Gasteiger partial charge is 0.493 e. The molecule has 3 rings (SSSR count). The Balaban J connectivity index is 1.96. The van der Waals surface area contributed by atoms with Crippen LogP contribution in [0.5, 0.6) is 5.75 Å². The monoisotopic (exact) mass is 391 g/mol. The summed E-state index contributed by atoms with van der Waals surface area (Å²) < 4.78 is 6.19. The fourth-order valence-electron chi connectivity index (χ4n) is 3.24. The molecule has 0 saturated carbocycles. The van der Waals surface area contributed by atoms with Gasteiger partial charge in [-0.05, 0) is 61.1 Å². The number of benzene rings is 3. The molecule has 0 saturated heterocycles. The van der Waals surface area contributed by atoms with Crippen molar-refractivity contribution in [2.24, 2.45) is 5.41 Å². The van der Waals surface area contributed by atoms with Gasteiger partial charge in [0, 0.05) is 12.1 Å². The first kappa shape index (κ1) is 20.5. The molecule has 0 amide bonds. The van der Waals surface area contributed by atoms with Crippen LogP contribution < -0.4 is 4.74 Å². The molecule has 0 radical (unpaired) electrons. The minimum Gasteiger partial charge on any atom is -0.493 e. The summed E-state index contributed by atoms with van der Waals surface area (Å²) in [5, 5.41) is 0. The van der Waals surface area contributed by atoms with Crippen LogP contribution in [0.4, 0.5) is 0 Å². The second-order valence-electron chi connectivity index (χ2n) is 8.48. The first-order valence-electron chi connectivity index (χ1n) is 9.93. The maximum absolute atomic E-state index is 6.19. The van der Waals surface area contributed by atoms with Gasteiger partial charge in [-0.1, -0.05) is 57.2 Å². The summed E-state index contributed by atoms with van der Waals surface area (Å²) in [6, 6.07) is 26.2. The van der Waals surface area contributed by atoms with E-state index in [-0.39, 0.29) is 16.3 Å². The molecule has 0 spiro atoms. The highest BCUT2D eigenvalue weighted by atomic mass is 32.2. The molecule has 0 bridgehead atoms. The summed E-state index contributed by atoms with van der Waals surface area (Å²) >= 11 is 0. The van der Waals surface area contributed by atoms with E-state index in [2.05, 4.69) is 107 Å². The van der Waals surface area contributed by atoms with Crippen molar-refractivity contribution in [3.63, 3.8) is 0 Å². The molecule has 1 nitrogen and oxygen atoms in total. The molecule has 0 fully saturated rings. The van der Waals surface area contributed by atoms with Crippen molar-refractivity contribution in [3.8, 4) is 5.75 Å². The lowest BCUT2D eigenvalue weighted by molar-refractivity contribution is 0.240. The van der Waals surface area contributed by atoms with Crippen molar-refractivity contribution in [1.29, 1.82) is 0 Å². The van der Waals surface area contributed by atoms with Gasteiger partial charge in [0.25, 0.3) is 0 Å². The quantitative estimate of drug-likeness (QED) is 0.403. The van der Waals surface area contributed by atoms with E-state index in [9.17, 15) is 0 Å². The molecule has 3 aromatic carbocycles. The molecule has 0 aliphatic carbocycles. The van der Waals surface area contributed by atoms with Crippen LogP contribution in [0.15, 0.2) is 87.5 Å². The fraction of sp³-hybridized carbons (Fsp3) is 0.308. The smallest absolute Gasteiger partial charge is 0.167 e. The van der Waals surface area contributed by atoms with Crippen LogP contribution in [-0.4, -0.2) is 6.61 Å². The SMILES string of the molecule is Cc1cc([S+](c2ccccc2)c2ccccc2)cc(C)c1OCCC(C)(C)C. The minimum atomic E-state index is -0.119. The third kappa shape index (κ3) is 5.20. The lowest BCUT2D eigenvalue weighted by Crippen LogP contribution is -2.12. The molecule has 3 aromatic rings. The van der Waals surface area contributed by atoms with Crippen molar-refractivity contribution in [3.05, 3.63) is 83.9 Å². The maximum Gasteiger partial charge on any atom is 0.167 e. The van der Waals surface area contributed by atoms with Gasteiger partial charge < -0.3 is 4.74 Å². The highest BCUT2D eigenvalue weighted by molar-refractivity contribution is 7.97. The lowest BCUT2D eigenvalue weighted by Gasteiger charge is -2.20. The lowest BCUT2D eigenvalue weighted by atomic mass is 9.93. The van der Waals surface area contributed by atoms with Gasteiger partial charge in [-0.25, -0.2) is 0 Å². The predicted octanol–water partition coefficient (Wildman–Crippen LogP) is 7.21. The van der Waals surface area contributed by atoms with Crippen LogP contribution in [0, 0.1) is 19.3 Å². The van der Waals surface area contributed by atoms with E-state index < -0.39 is 0 Å². The van der Waals surface area contributed by atoms with Gasteiger partial charge in [-0.15, -0.1) is 0 Å². The van der Waals surface area contributed by atoms with Crippen LogP contribution in [0.1, 0.15) is 38.3 Å². The van der Waals surface area contributed by atoms with Crippen molar-refractivity contribution >= 4 is 10.9 Å². The number of ether oxygens (including phenoxy) is 1. The van der Waals surface area contributed by atoms with E-state index >= 15 is 0 Å². The molecule has 146 valence electrons. The molecule has 0 aliphatic rings. The van der Waals surface area contributed by atoms with E-state index in [1.54, 1.807) is 0 Å². The van der Waals surface area contributed by atoms with Gasteiger partial charge in [0.05, 0.1) is 17.5 Å². The van der Waals surface area contributed by atoms with Crippen LogP contribution in [0.2, 0.25) is 0 Å². The summed E-state index contributed by atoms with van der Waals surface area (Å²) in [6.45, 7) is 11.9. The molecule has 0 unspecified atom stereocenters. The third-order valence-corrected chi connectivity index (χ3v) is 6.92. The summed E-state index contributed by atoms with van der Waals surface area (Å²) in [6.07, 6.45) is 1.05. The number of rotatable bonds is 6. The Labute approximate surface area is 173 Å². The molecular weight excluding hydrogens is 360 g/mol. The molecule has 0 aromatic heterocycles. The molecule has 0 aliphatic heterocycles. The highest BCUT2D eigenvalue weighted by Crippen LogP contribution is 2.35. The number of hydrogen-bond acceptors (Lipinski definition) is 1. The summed E-state index contributed by atoms with van der Waals surface area (Å²) in [5.41, 5.74) is 2.72. The average molecular weight is 392 g/mol.